The maximum Gasteiger partial charge on any atom is 0.285 e. The summed E-state index contributed by atoms with van der Waals surface area (Å²) in [7, 11) is 1.17. The van der Waals surface area contributed by atoms with Gasteiger partial charge in [0.15, 0.2) is 0 Å². The summed E-state index contributed by atoms with van der Waals surface area (Å²) >= 11 is 6.48. The van der Waals surface area contributed by atoms with E-state index in [-0.39, 0.29) is 46.8 Å². The van der Waals surface area contributed by atoms with Crippen LogP contribution < -0.4 is 14.4 Å². The van der Waals surface area contributed by atoms with Crippen molar-refractivity contribution in [2.45, 2.75) is 56.7 Å². The van der Waals surface area contributed by atoms with Crippen LogP contribution in [-0.4, -0.2) is 89.8 Å². The molecule has 298 valence electrons. The van der Waals surface area contributed by atoms with Gasteiger partial charge in [-0.1, -0.05) is 42.8 Å². The van der Waals surface area contributed by atoms with E-state index in [2.05, 4.69) is 38.1 Å². The zero-order valence-electron chi connectivity index (χ0n) is 32.4. The Labute approximate surface area is 334 Å². The molecule has 2 aromatic carbocycles. The van der Waals surface area contributed by atoms with Gasteiger partial charge in [0.05, 0.1) is 47.9 Å². The van der Waals surface area contributed by atoms with Gasteiger partial charge in [0, 0.05) is 55.2 Å². The van der Waals surface area contributed by atoms with Gasteiger partial charge in [-0.25, -0.2) is 9.20 Å². The minimum Gasteiger partial charge on any atom is -0.490 e. The van der Waals surface area contributed by atoms with Crippen molar-refractivity contribution in [1.82, 2.24) is 9.78 Å². The highest BCUT2D eigenvalue weighted by Gasteiger charge is 2.44. The maximum absolute atomic E-state index is 14.9. The lowest BCUT2D eigenvalue weighted by Gasteiger charge is -2.46. The Morgan fingerprint density at radius 3 is 2.75 bits per heavy atom. The van der Waals surface area contributed by atoms with Crippen molar-refractivity contribution in [3.63, 3.8) is 0 Å². The van der Waals surface area contributed by atoms with Gasteiger partial charge in [-0.3, -0.25) is 14.3 Å². The van der Waals surface area contributed by atoms with Gasteiger partial charge < -0.3 is 23.8 Å². The summed E-state index contributed by atoms with van der Waals surface area (Å²) in [6.45, 7) is 7.82. The van der Waals surface area contributed by atoms with E-state index in [1.807, 2.05) is 31.2 Å². The van der Waals surface area contributed by atoms with Crippen molar-refractivity contribution in [3.05, 3.63) is 94.7 Å². The number of methoxy groups -OCH3 is 2. The first-order valence-corrected chi connectivity index (χ1v) is 21.3. The molecule has 4 aliphatic rings. The van der Waals surface area contributed by atoms with Crippen LogP contribution >= 0.6 is 11.6 Å². The fourth-order valence-electron chi connectivity index (χ4n) is 8.72. The summed E-state index contributed by atoms with van der Waals surface area (Å²) in [5.74, 6) is -0.654. The molecule has 3 aromatic rings. The lowest BCUT2D eigenvalue weighted by molar-refractivity contribution is 0.0115. The summed E-state index contributed by atoms with van der Waals surface area (Å²) in [6, 6.07) is 11.5. The molecule has 1 aromatic heterocycles. The van der Waals surface area contributed by atoms with Crippen LogP contribution in [0.5, 0.6) is 11.6 Å². The quantitative estimate of drug-likeness (QED) is 0.143. The normalized spacial score (nSPS) is 29.6. The number of aromatic nitrogens is 2. The molecule has 3 heterocycles. The fourth-order valence-corrected chi connectivity index (χ4v) is 10.7. The average molecular weight is 804 g/mol. The van der Waals surface area contributed by atoms with Gasteiger partial charge in [-0.2, -0.15) is 4.36 Å². The van der Waals surface area contributed by atoms with E-state index in [1.165, 1.54) is 29.1 Å². The van der Waals surface area contributed by atoms with Crippen molar-refractivity contribution in [2.75, 3.05) is 51.2 Å². The van der Waals surface area contributed by atoms with E-state index >= 15 is 0 Å². The Morgan fingerprint density at radius 1 is 1.18 bits per heavy atom. The first-order valence-electron chi connectivity index (χ1n) is 19.1. The minimum absolute atomic E-state index is 0.0763. The number of amides is 2. The van der Waals surface area contributed by atoms with E-state index in [1.54, 1.807) is 32.4 Å². The molecule has 1 fully saturated rings. The first kappa shape index (κ1) is 39.9. The van der Waals surface area contributed by atoms with Crippen molar-refractivity contribution < 1.29 is 32.7 Å². The fraction of sp³-hybridized carbons (Fsp3) is 0.476. The number of hydrogen-bond donors (Lipinski definition) is 0. The number of nitrogens with zero attached hydrogens (tertiary/aromatic N) is 5. The number of rotatable bonds is 7. The molecular weight excluding hydrogens is 754 g/mol. The Balaban J connectivity index is 1.33. The second-order valence-electron chi connectivity index (χ2n) is 15.5. The third kappa shape index (κ3) is 8.23. The molecule has 2 bridgehead atoms. The first-order chi connectivity index (χ1) is 26.9. The second-order valence-corrected chi connectivity index (χ2v) is 18.0. The molecule has 0 saturated heterocycles. The predicted molar refractivity (Wildman–Crippen MR) is 218 cm³/mol. The molecule has 2 aliphatic carbocycles. The van der Waals surface area contributed by atoms with Crippen LogP contribution in [0.2, 0.25) is 5.02 Å². The number of aliphatic imine (C=N–C) groups is 1. The molecule has 7 rings (SSSR count). The number of carbonyl (C=O) groups excluding carboxylic acids is 2. The number of fused-ring (bicyclic) bond motifs is 4. The van der Waals surface area contributed by atoms with E-state index in [0.29, 0.717) is 24.8 Å². The highest BCUT2D eigenvalue weighted by molar-refractivity contribution is 8.06. The topological polar surface area (TPSA) is 134 Å². The minimum atomic E-state index is -3.60. The van der Waals surface area contributed by atoms with Crippen LogP contribution in [-0.2, 0) is 38.1 Å². The molecule has 56 heavy (non-hydrogen) atoms. The van der Waals surface area contributed by atoms with Crippen LogP contribution in [0.4, 0.5) is 5.69 Å². The molecule has 1 spiro atoms. The van der Waals surface area contributed by atoms with Gasteiger partial charge in [0.2, 0.25) is 5.88 Å². The number of hydrogen-bond acceptors (Lipinski definition) is 9. The highest BCUT2D eigenvalue weighted by Crippen LogP contribution is 2.47. The number of carbonyl (C=O) groups is 2. The smallest absolute Gasteiger partial charge is 0.285 e. The Bertz CT molecular complexity index is 2180. The SMILES string of the molecule is C=CCO[C@H]1/C=C/[C@H](OC)[C@@H]2CC[C@H]2CN2C[C@@]3(CCCc4cc(Cl)ccc43)COc3ccc(cc32)C(=O)N=S(=O)(/C=N/C(=O)c2cn(C)nc2OC)C[C@H]1C. The monoisotopic (exact) mass is 803 g/mol. The van der Waals surface area contributed by atoms with Crippen molar-refractivity contribution in [3.8, 4) is 11.6 Å². The molecule has 0 radical (unpaired) electrons. The number of aryl methyl sites for hydroxylation is 2. The molecule has 14 heteroatoms. The average Bonchev–Trinajstić information content (AvgIpc) is 3.49. The predicted octanol–water partition coefficient (Wildman–Crippen LogP) is 6.85. The molecule has 2 amide bonds. The zero-order chi connectivity index (χ0) is 39.6. The standard InChI is InChI=1S/C42H50ClN5O7S/c1-6-18-54-36-15-16-37(52-4)32-12-9-30(32)21-48-24-42(17-7-8-28-19-31(43)11-13-34(28)42)25-55-38-14-10-29(20-35(38)48)39(49)46-56(51,23-27(36)2)26-44-40(50)33-22-47(3)45-41(33)53-5/h6,10-11,13-16,19-20,22,26-27,30,32,36-37H,1,7-9,12,17-18,21,23-25H2,2-5H3/b16-15+,44-26+/t27-,30+,32-,36+,37+,42+,56?/m1/s1. The summed E-state index contributed by atoms with van der Waals surface area (Å²) in [4.78, 5) is 33.9. The summed E-state index contributed by atoms with van der Waals surface area (Å²) in [6.07, 6.45) is 11.3. The lowest BCUT2D eigenvalue weighted by Crippen LogP contribution is -2.49. The molecule has 7 atom stereocenters. The number of benzene rings is 2. The Kier molecular flexibility index (Phi) is 11.9. The van der Waals surface area contributed by atoms with Gasteiger partial charge in [-0.15, -0.1) is 11.7 Å². The van der Waals surface area contributed by atoms with Crippen LogP contribution in [0.3, 0.4) is 0 Å². The third-order valence-corrected chi connectivity index (χ3v) is 13.8. The van der Waals surface area contributed by atoms with Crippen molar-refractivity contribution >= 4 is 44.4 Å². The van der Waals surface area contributed by atoms with E-state index in [9.17, 15) is 13.8 Å². The van der Waals surface area contributed by atoms with Gasteiger partial charge >= 0.3 is 0 Å². The van der Waals surface area contributed by atoms with E-state index in [0.717, 1.165) is 54.9 Å². The number of anilines is 1. The molecular formula is C42H50ClN5O7S. The van der Waals surface area contributed by atoms with Crippen LogP contribution in [0, 0.1) is 17.8 Å². The van der Waals surface area contributed by atoms with E-state index in [4.69, 9.17) is 30.5 Å². The van der Waals surface area contributed by atoms with Crippen molar-refractivity contribution in [1.29, 1.82) is 0 Å². The summed E-state index contributed by atoms with van der Waals surface area (Å²) < 4.78 is 44.9. The molecule has 12 nitrogen and oxygen atoms in total. The largest absolute Gasteiger partial charge is 0.490 e. The molecule has 0 N–H and O–H groups in total. The number of ether oxygens (including phenoxy) is 4. The Hall–Kier alpha value is -4.30. The van der Waals surface area contributed by atoms with Gasteiger partial charge in [0.25, 0.3) is 11.8 Å². The van der Waals surface area contributed by atoms with Crippen molar-refractivity contribution in [2.24, 2.45) is 34.2 Å². The third-order valence-electron chi connectivity index (χ3n) is 11.7. The summed E-state index contributed by atoms with van der Waals surface area (Å²) in [5.41, 5.74) is 4.32. The van der Waals surface area contributed by atoms with Crippen LogP contribution in [0.15, 0.2) is 76.8 Å². The van der Waals surface area contributed by atoms with Gasteiger partial charge in [0.1, 0.15) is 16.9 Å². The second kappa shape index (κ2) is 16.7. The summed E-state index contributed by atoms with van der Waals surface area (Å²) in [5, 5.41) is 4.85. The lowest BCUT2D eigenvalue weighted by atomic mass is 9.68. The Morgan fingerprint density at radius 2 is 2.00 bits per heavy atom. The van der Waals surface area contributed by atoms with Crippen LogP contribution in [0.1, 0.15) is 64.4 Å². The highest BCUT2D eigenvalue weighted by atomic mass is 35.5. The van der Waals surface area contributed by atoms with Gasteiger partial charge in [-0.05, 0) is 91.3 Å². The maximum atomic E-state index is 14.9. The molecule has 2 aliphatic heterocycles. The number of halogens is 1. The molecule has 1 unspecified atom stereocenters. The van der Waals surface area contributed by atoms with E-state index < -0.39 is 33.6 Å². The van der Waals surface area contributed by atoms with Crippen LogP contribution in [0.25, 0.3) is 0 Å². The zero-order valence-corrected chi connectivity index (χ0v) is 34.0. The molecule has 1 saturated carbocycles.